The average molecular weight is 378 g/mol. The quantitative estimate of drug-likeness (QED) is 0.547. The largest absolute Gasteiger partial charge is 0.350 e. The number of H-pyrrole nitrogens is 1. The molecule has 2 aromatic heterocycles. The second-order valence-electron chi connectivity index (χ2n) is 6.71. The van der Waals surface area contributed by atoms with Crippen LogP contribution in [-0.2, 0) is 0 Å². The van der Waals surface area contributed by atoms with Gasteiger partial charge in [-0.2, -0.15) is 10.3 Å². The van der Waals surface area contributed by atoms with Crippen LogP contribution in [0.5, 0.6) is 0 Å². The molecule has 1 saturated carbocycles. The lowest BCUT2D eigenvalue weighted by Crippen LogP contribution is -2.25. The van der Waals surface area contributed by atoms with Crippen LogP contribution in [0.1, 0.15) is 46.3 Å². The summed E-state index contributed by atoms with van der Waals surface area (Å²) in [6.45, 7) is 3.07. The van der Waals surface area contributed by atoms with Crippen molar-refractivity contribution >= 4 is 29.0 Å². The van der Waals surface area contributed by atoms with Gasteiger partial charge in [-0.15, -0.1) is 28.2 Å². The smallest absolute Gasteiger partial charge is 0.261 e. The molecule has 2 aromatic rings. The van der Waals surface area contributed by atoms with Crippen LogP contribution in [0, 0.1) is 5.92 Å². The van der Waals surface area contributed by atoms with E-state index < -0.39 is 0 Å². The van der Waals surface area contributed by atoms with Gasteiger partial charge in [-0.1, -0.05) is 0 Å². The Labute approximate surface area is 155 Å². The highest BCUT2D eigenvalue weighted by atomic mass is 32.2. The highest BCUT2D eigenvalue weighted by molar-refractivity contribution is 7.99. The van der Waals surface area contributed by atoms with Gasteiger partial charge in [0.1, 0.15) is 5.03 Å². The van der Waals surface area contributed by atoms with Crippen LogP contribution in [0.2, 0.25) is 0 Å². The van der Waals surface area contributed by atoms with E-state index in [-0.39, 0.29) is 5.91 Å². The van der Waals surface area contributed by atoms with Crippen LogP contribution in [-0.4, -0.2) is 51.6 Å². The number of thiophene rings is 1. The Morgan fingerprint density at radius 1 is 1.40 bits per heavy atom. The fourth-order valence-electron chi connectivity index (χ4n) is 3.32. The second kappa shape index (κ2) is 7.88. The molecule has 0 radical (unpaired) electrons. The first-order valence-electron chi connectivity index (χ1n) is 8.90. The Morgan fingerprint density at radius 2 is 2.32 bits per heavy atom. The molecule has 1 atom stereocenters. The molecule has 0 bridgehead atoms. The summed E-state index contributed by atoms with van der Waals surface area (Å²) in [4.78, 5) is 17.1. The number of hydrogen-bond acceptors (Lipinski definition) is 6. The Hall–Kier alpha value is -1.38. The van der Waals surface area contributed by atoms with Gasteiger partial charge in [0.25, 0.3) is 5.91 Å². The highest BCUT2D eigenvalue weighted by Crippen LogP contribution is 2.39. The van der Waals surface area contributed by atoms with Crippen LogP contribution >= 0.6 is 23.1 Å². The lowest BCUT2D eigenvalue weighted by Gasteiger charge is -2.23. The minimum atomic E-state index is 0.0312. The predicted molar refractivity (Wildman–Crippen MR) is 100 cm³/mol. The molecule has 4 rings (SSSR count). The number of hydrogen-bond donors (Lipinski definition) is 2. The number of rotatable bonds is 8. The molecule has 2 N–H and O–H groups in total. The van der Waals surface area contributed by atoms with E-state index in [9.17, 15) is 4.79 Å². The molecular formula is C17H23N5OS2. The molecule has 2 fully saturated rings. The van der Waals surface area contributed by atoms with Crippen LogP contribution < -0.4 is 5.32 Å². The number of carbonyl (C=O) groups excluding carboxylic acids is 1. The molecule has 1 saturated heterocycles. The average Bonchev–Trinajstić information content (AvgIpc) is 3.04. The summed E-state index contributed by atoms with van der Waals surface area (Å²) in [5.74, 6) is 1.74. The molecule has 6 nitrogen and oxygen atoms in total. The number of thioether (sulfide) groups is 1. The van der Waals surface area contributed by atoms with E-state index in [4.69, 9.17) is 0 Å². The van der Waals surface area contributed by atoms with Crippen molar-refractivity contribution in [3.05, 3.63) is 28.1 Å². The van der Waals surface area contributed by atoms with Crippen LogP contribution in [0.4, 0.5) is 0 Å². The maximum absolute atomic E-state index is 12.3. The van der Waals surface area contributed by atoms with E-state index in [1.54, 1.807) is 29.3 Å². The summed E-state index contributed by atoms with van der Waals surface area (Å²) in [5, 5.41) is 14.2. The zero-order valence-corrected chi connectivity index (χ0v) is 15.7. The maximum atomic E-state index is 12.3. The summed E-state index contributed by atoms with van der Waals surface area (Å²) < 4.78 is 0. The van der Waals surface area contributed by atoms with Gasteiger partial charge in [-0.25, -0.2) is 0 Å². The van der Waals surface area contributed by atoms with Gasteiger partial charge in [-0.3, -0.25) is 9.69 Å². The number of carbonyl (C=O) groups is 1. The second-order valence-corrected chi connectivity index (χ2v) is 8.94. The molecule has 3 heterocycles. The van der Waals surface area contributed by atoms with Gasteiger partial charge < -0.3 is 5.32 Å². The zero-order chi connectivity index (χ0) is 17.1. The predicted octanol–water partition coefficient (Wildman–Crippen LogP) is 2.94. The molecule has 1 amide bonds. The standard InChI is InChI=1S/C17H23N5OS2/c23-17(18-7-9-24-16-10-19-21-20-16)15-6-5-14(25-15)13-2-1-8-22(13)11-12-3-4-12/h5-6,10,12-13H,1-4,7-9,11H2,(H,18,23)(H,19,20,21). The minimum Gasteiger partial charge on any atom is -0.350 e. The van der Waals surface area contributed by atoms with Gasteiger partial charge >= 0.3 is 0 Å². The molecule has 0 aromatic carbocycles. The summed E-state index contributed by atoms with van der Waals surface area (Å²) in [7, 11) is 0. The number of likely N-dealkylation sites (tertiary alicyclic amines) is 1. The molecule has 134 valence electrons. The molecule has 0 spiro atoms. The van der Waals surface area contributed by atoms with Gasteiger partial charge in [0.2, 0.25) is 0 Å². The lowest BCUT2D eigenvalue weighted by molar-refractivity contribution is 0.0960. The monoisotopic (exact) mass is 377 g/mol. The van der Waals surface area contributed by atoms with Crippen LogP contribution in [0.15, 0.2) is 23.4 Å². The Morgan fingerprint density at radius 3 is 3.12 bits per heavy atom. The van der Waals surface area contributed by atoms with E-state index in [0.717, 1.165) is 21.6 Å². The zero-order valence-electron chi connectivity index (χ0n) is 14.1. The first-order valence-corrected chi connectivity index (χ1v) is 10.7. The van der Waals surface area contributed by atoms with Crippen molar-refractivity contribution < 1.29 is 4.79 Å². The fraction of sp³-hybridized carbons (Fsp3) is 0.588. The van der Waals surface area contributed by atoms with Crippen molar-refractivity contribution in [3.63, 3.8) is 0 Å². The third-order valence-corrected chi connectivity index (χ3v) is 6.85. The number of aromatic amines is 1. The molecule has 1 aliphatic heterocycles. The van der Waals surface area contributed by atoms with E-state index >= 15 is 0 Å². The molecular weight excluding hydrogens is 354 g/mol. The van der Waals surface area contributed by atoms with Gasteiger partial charge in [-0.05, 0) is 50.3 Å². The maximum Gasteiger partial charge on any atom is 0.261 e. The molecule has 1 unspecified atom stereocenters. The van der Waals surface area contributed by atoms with Gasteiger partial charge in [0, 0.05) is 29.8 Å². The Bertz CT molecular complexity index is 698. The minimum absolute atomic E-state index is 0.0312. The summed E-state index contributed by atoms with van der Waals surface area (Å²) in [5.41, 5.74) is 0. The summed E-state index contributed by atoms with van der Waals surface area (Å²) in [6.07, 6.45) is 6.98. The normalized spacial score (nSPS) is 20.9. The lowest BCUT2D eigenvalue weighted by atomic mass is 10.2. The first kappa shape index (κ1) is 17.1. The molecule has 8 heteroatoms. The van der Waals surface area contributed by atoms with Crippen molar-refractivity contribution in [2.45, 2.75) is 36.8 Å². The number of amides is 1. The topological polar surface area (TPSA) is 73.9 Å². The Kier molecular flexibility index (Phi) is 5.38. The molecule has 25 heavy (non-hydrogen) atoms. The number of aromatic nitrogens is 3. The van der Waals surface area contributed by atoms with Crippen molar-refractivity contribution in [2.75, 3.05) is 25.4 Å². The van der Waals surface area contributed by atoms with E-state index in [0.29, 0.717) is 12.6 Å². The van der Waals surface area contributed by atoms with Crippen molar-refractivity contribution in [1.82, 2.24) is 25.6 Å². The van der Waals surface area contributed by atoms with Crippen molar-refractivity contribution in [2.24, 2.45) is 5.92 Å². The van der Waals surface area contributed by atoms with Crippen molar-refractivity contribution in [3.8, 4) is 0 Å². The molecule has 2 aliphatic rings. The fourth-order valence-corrected chi connectivity index (χ4v) is 5.06. The molecule has 1 aliphatic carbocycles. The van der Waals surface area contributed by atoms with Crippen LogP contribution in [0.3, 0.4) is 0 Å². The van der Waals surface area contributed by atoms with E-state index in [1.807, 2.05) is 6.07 Å². The SMILES string of the molecule is O=C(NCCSc1cn[nH]n1)c1ccc(C2CCCN2CC2CC2)s1. The first-order chi connectivity index (χ1) is 12.3. The van der Waals surface area contributed by atoms with Crippen molar-refractivity contribution in [1.29, 1.82) is 0 Å². The van der Waals surface area contributed by atoms with Gasteiger partial charge in [0.15, 0.2) is 0 Å². The summed E-state index contributed by atoms with van der Waals surface area (Å²) >= 11 is 3.24. The Balaban J connectivity index is 1.27. The van der Waals surface area contributed by atoms with E-state index in [2.05, 4.69) is 31.7 Å². The number of nitrogens with one attached hydrogen (secondary N) is 2. The van der Waals surface area contributed by atoms with Gasteiger partial charge in [0.05, 0.1) is 11.1 Å². The van der Waals surface area contributed by atoms with E-state index in [1.165, 1.54) is 43.6 Å². The third kappa shape index (κ3) is 4.43. The van der Waals surface area contributed by atoms with Crippen LogP contribution in [0.25, 0.3) is 0 Å². The highest BCUT2D eigenvalue weighted by Gasteiger charge is 2.32. The summed E-state index contributed by atoms with van der Waals surface area (Å²) in [6, 6.07) is 4.66. The number of nitrogens with zero attached hydrogens (tertiary/aromatic N) is 3. The third-order valence-electron chi connectivity index (χ3n) is 4.76.